The summed E-state index contributed by atoms with van der Waals surface area (Å²) in [5.41, 5.74) is 5.44. The minimum atomic E-state index is -0.0167. The van der Waals surface area contributed by atoms with E-state index >= 15 is 0 Å². The lowest BCUT2D eigenvalue weighted by Crippen LogP contribution is -2.38. The second kappa shape index (κ2) is 8.43. The van der Waals surface area contributed by atoms with Crippen LogP contribution in [-0.2, 0) is 24.8 Å². The number of pyridine rings is 1. The van der Waals surface area contributed by atoms with E-state index in [1.165, 1.54) is 5.56 Å². The molecule has 1 aliphatic rings. The lowest BCUT2D eigenvalue weighted by atomic mass is 10.1. The van der Waals surface area contributed by atoms with Gasteiger partial charge in [0, 0.05) is 55.6 Å². The van der Waals surface area contributed by atoms with E-state index in [1.807, 2.05) is 42.1 Å². The molecule has 0 N–H and O–H groups in total. The van der Waals surface area contributed by atoms with Gasteiger partial charge in [-0.3, -0.25) is 14.6 Å². The zero-order valence-corrected chi connectivity index (χ0v) is 17.1. The van der Waals surface area contributed by atoms with Crippen LogP contribution in [-0.4, -0.2) is 39.4 Å². The first-order valence-corrected chi connectivity index (χ1v) is 9.98. The Kier molecular flexibility index (Phi) is 5.76. The number of morpholine rings is 1. The molecule has 1 aromatic carbocycles. The standard InChI is InChI=1S/C22H25ClN4O/c1-16-18(13-26(2)25-16)14-27-10-11-28-22(15-27)21-9-5-7-19(24-21)12-17-6-3-4-8-20(17)23/h3-9,13,22H,10-12,14-15H2,1-2H3/t22-/m0/s1. The third-order valence-corrected chi connectivity index (χ3v) is 5.52. The van der Waals surface area contributed by atoms with Crippen molar-refractivity contribution in [2.75, 3.05) is 19.7 Å². The molecule has 6 heteroatoms. The van der Waals surface area contributed by atoms with E-state index in [9.17, 15) is 0 Å². The van der Waals surface area contributed by atoms with Gasteiger partial charge in [0.1, 0.15) is 6.10 Å². The maximum Gasteiger partial charge on any atom is 0.112 e. The molecule has 0 unspecified atom stereocenters. The van der Waals surface area contributed by atoms with Crippen LogP contribution in [0.3, 0.4) is 0 Å². The van der Waals surface area contributed by atoms with Crippen molar-refractivity contribution in [1.29, 1.82) is 0 Å². The highest BCUT2D eigenvalue weighted by Crippen LogP contribution is 2.24. The van der Waals surface area contributed by atoms with Gasteiger partial charge >= 0.3 is 0 Å². The molecule has 4 rings (SSSR count). The Labute approximate surface area is 170 Å². The number of halogens is 1. The molecule has 3 heterocycles. The normalized spacial score (nSPS) is 17.8. The third kappa shape index (κ3) is 4.43. The minimum absolute atomic E-state index is 0.0167. The molecule has 0 amide bonds. The molecule has 0 radical (unpaired) electrons. The molecular formula is C22H25ClN4O. The quantitative estimate of drug-likeness (QED) is 0.655. The fourth-order valence-corrected chi connectivity index (χ4v) is 3.89. The summed E-state index contributed by atoms with van der Waals surface area (Å²) in [6.07, 6.45) is 2.80. The Bertz CT molecular complexity index is 955. The van der Waals surface area contributed by atoms with Gasteiger partial charge in [0.25, 0.3) is 0 Å². The summed E-state index contributed by atoms with van der Waals surface area (Å²) in [4.78, 5) is 7.29. The van der Waals surface area contributed by atoms with Gasteiger partial charge in [-0.05, 0) is 30.7 Å². The summed E-state index contributed by atoms with van der Waals surface area (Å²) < 4.78 is 7.92. The number of benzene rings is 1. The van der Waals surface area contributed by atoms with Crippen molar-refractivity contribution in [1.82, 2.24) is 19.7 Å². The SMILES string of the molecule is Cc1nn(C)cc1CN1CCO[C@H](c2cccc(Cc3ccccc3Cl)n2)C1. The molecule has 1 atom stereocenters. The number of aryl methyl sites for hydroxylation is 2. The van der Waals surface area contributed by atoms with E-state index in [2.05, 4.69) is 35.3 Å². The Morgan fingerprint density at radius 1 is 1.14 bits per heavy atom. The Morgan fingerprint density at radius 3 is 2.79 bits per heavy atom. The highest BCUT2D eigenvalue weighted by atomic mass is 35.5. The minimum Gasteiger partial charge on any atom is -0.369 e. The van der Waals surface area contributed by atoms with Gasteiger partial charge in [-0.25, -0.2) is 0 Å². The summed E-state index contributed by atoms with van der Waals surface area (Å²) >= 11 is 6.31. The molecule has 0 aliphatic carbocycles. The number of nitrogens with zero attached hydrogens (tertiary/aromatic N) is 4. The molecule has 0 spiro atoms. The topological polar surface area (TPSA) is 43.2 Å². The molecule has 3 aromatic rings. The molecule has 28 heavy (non-hydrogen) atoms. The van der Waals surface area contributed by atoms with Crippen LogP contribution in [0.25, 0.3) is 0 Å². The summed E-state index contributed by atoms with van der Waals surface area (Å²) in [5.74, 6) is 0. The molecule has 1 fully saturated rings. The summed E-state index contributed by atoms with van der Waals surface area (Å²) in [7, 11) is 1.97. The molecule has 2 aromatic heterocycles. The predicted octanol–water partition coefficient (Wildman–Crippen LogP) is 3.94. The van der Waals surface area contributed by atoms with Crippen LogP contribution in [0.2, 0.25) is 5.02 Å². The number of aromatic nitrogens is 3. The fourth-order valence-electron chi connectivity index (χ4n) is 3.68. The highest BCUT2D eigenvalue weighted by molar-refractivity contribution is 6.31. The van der Waals surface area contributed by atoms with Crippen LogP contribution >= 0.6 is 11.6 Å². The first-order valence-electron chi connectivity index (χ1n) is 9.61. The van der Waals surface area contributed by atoms with Gasteiger partial charge in [0.05, 0.1) is 18.0 Å². The van der Waals surface area contributed by atoms with Gasteiger partial charge in [-0.15, -0.1) is 0 Å². The fraction of sp³-hybridized carbons (Fsp3) is 0.364. The second-order valence-electron chi connectivity index (χ2n) is 7.33. The van der Waals surface area contributed by atoms with Crippen molar-refractivity contribution in [3.8, 4) is 0 Å². The van der Waals surface area contributed by atoms with Gasteiger partial charge < -0.3 is 4.74 Å². The molecular weight excluding hydrogens is 372 g/mol. The van der Waals surface area contributed by atoms with Gasteiger partial charge in [0.15, 0.2) is 0 Å². The average molecular weight is 397 g/mol. The first-order chi connectivity index (χ1) is 13.6. The van der Waals surface area contributed by atoms with Crippen LogP contribution in [0, 0.1) is 6.92 Å². The van der Waals surface area contributed by atoms with Crippen LogP contribution in [0.1, 0.15) is 34.3 Å². The predicted molar refractivity (Wildman–Crippen MR) is 110 cm³/mol. The van der Waals surface area contributed by atoms with Crippen LogP contribution in [0.4, 0.5) is 0 Å². The Balaban J connectivity index is 1.46. The van der Waals surface area contributed by atoms with Crippen molar-refractivity contribution >= 4 is 11.6 Å². The molecule has 146 valence electrons. The number of hydrogen-bond donors (Lipinski definition) is 0. The molecule has 1 aliphatic heterocycles. The maximum absolute atomic E-state index is 6.31. The zero-order valence-electron chi connectivity index (χ0n) is 16.3. The van der Waals surface area contributed by atoms with Crippen molar-refractivity contribution in [3.05, 3.63) is 81.9 Å². The lowest BCUT2D eigenvalue weighted by Gasteiger charge is -2.32. The summed E-state index contributed by atoms with van der Waals surface area (Å²) in [6.45, 7) is 5.41. The molecule has 0 bridgehead atoms. The third-order valence-electron chi connectivity index (χ3n) is 5.15. The Morgan fingerprint density at radius 2 is 2.00 bits per heavy atom. The zero-order chi connectivity index (χ0) is 19.5. The molecule has 1 saturated heterocycles. The van der Waals surface area contributed by atoms with Crippen LogP contribution < -0.4 is 0 Å². The van der Waals surface area contributed by atoms with Crippen molar-refractivity contribution in [3.63, 3.8) is 0 Å². The second-order valence-corrected chi connectivity index (χ2v) is 7.74. The van der Waals surface area contributed by atoms with Crippen LogP contribution in [0.15, 0.2) is 48.7 Å². The van der Waals surface area contributed by atoms with E-state index in [-0.39, 0.29) is 6.10 Å². The van der Waals surface area contributed by atoms with E-state index < -0.39 is 0 Å². The van der Waals surface area contributed by atoms with Crippen LogP contribution in [0.5, 0.6) is 0 Å². The number of rotatable bonds is 5. The summed E-state index contributed by atoms with van der Waals surface area (Å²) in [5, 5.41) is 5.23. The maximum atomic E-state index is 6.31. The largest absolute Gasteiger partial charge is 0.369 e. The number of ether oxygens (including phenoxy) is 1. The molecule has 0 saturated carbocycles. The average Bonchev–Trinajstić information content (AvgIpc) is 3.01. The lowest BCUT2D eigenvalue weighted by molar-refractivity contribution is -0.0351. The van der Waals surface area contributed by atoms with Gasteiger partial charge in [-0.2, -0.15) is 5.10 Å². The first kappa shape index (κ1) is 19.1. The summed E-state index contributed by atoms with van der Waals surface area (Å²) in [6, 6.07) is 14.1. The van der Waals surface area contributed by atoms with E-state index in [4.69, 9.17) is 21.3 Å². The molecule has 5 nitrogen and oxygen atoms in total. The van der Waals surface area contributed by atoms with Gasteiger partial charge in [-0.1, -0.05) is 35.9 Å². The van der Waals surface area contributed by atoms with Crippen molar-refractivity contribution < 1.29 is 4.74 Å². The Hall–Kier alpha value is -2.21. The van der Waals surface area contributed by atoms with E-state index in [0.717, 1.165) is 53.7 Å². The van der Waals surface area contributed by atoms with Crippen molar-refractivity contribution in [2.24, 2.45) is 7.05 Å². The monoisotopic (exact) mass is 396 g/mol. The van der Waals surface area contributed by atoms with E-state index in [1.54, 1.807) is 0 Å². The van der Waals surface area contributed by atoms with E-state index in [0.29, 0.717) is 6.61 Å². The van der Waals surface area contributed by atoms with Gasteiger partial charge in [0.2, 0.25) is 0 Å². The number of hydrogen-bond acceptors (Lipinski definition) is 4. The van der Waals surface area contributed by atoms with Crippen molar-refractivity contribution in [2.45, 2.75) is 26.0 Å². The highest BCUT2D eigenvalue weighted by Gasteiger charge is 2.24. The smallest absolute Gasteiger partial charge is 0.112 e.